The highest BCUT2D eigenvalue weighted by atomic mass is 16.5. The Morgan fingerprint density at radius 2 is 1.85 bits per heavy atom. The van der Waals surface area contributed by atoms with Crippen LogP contribution in [-0.2, 0) is 38.4 Å². The van der Waals surface area contributed by atoms with E-state index in [-0.39, 0.29) is 17.6 Å². The Labute approximate surface area is 242 Å². The van der Waals surface area contributed by atoms with Crippen LogP contribution in [0.2, 0.25) is 0 Å². The molecule has 0 aliphatic carbocycles. The molecule has 2 aromatic heterocycles. The first-order valence-corrected chi connectivity index (χ1v) is 14.2. The van der Waals surface area contributed by atoms with Gasteiger partial charge in [-0.25, -0.2) is 0 Å². The molecule has 4 aromatic rings. The third kappa shape index (κ3) is 6.58. The molecule has 0 saturated heterocycles. The van der Waals surface area contributed by atoms with Gasteiger partial charge in [0, 0.05) is 41.7 Å². The average Bonchev–Trinajstić information content (AvgIpc) is 3.30. The van der Waals surface area contributed by atoms with Crippen molar-refractivity contribution in [2.45, 2.75) is 59.2 Å². The van der Waals surface area contributed by atoms with Gasteiger partial charge in [-0.15, -0.1) is 0 Å². The number of rotatable bonds is 14. The molecule has 1 N–H and O–H groups in total. The smallest absolute Gasteiger partial charge is 0.293 e. The Morgan fingerprint density at radius 1 is 1.07 bits per heavy atom. The Morgan fingerprint density at radius 3 is 2.54 bits per heavy atom. The van der Waals surface area contributed by atoms with E-state index in [2.05, 4.69) is 73.1 Å². The number of hydrogen-bond donors (Lipinski definition) is 1. The Bertz CT molecular complexity index is 1510. The maximum absolute atomic E-state index is 11.4. The number of nitrogens with one attached hydrogen (secondary N) is 1. The summed E-state index contributed by atoms with van der Waals surface area (Å²) in [6.07, 6.45) is 3.91. The lowest BCUT2D eigenvalue weighted by molar-refractivity contribution is -0.131. The molecule has 41 heavy (non-hydrogen) atoms. The molecule has 7 heteroatoms. The van der Waals surface area contributed by atoms with Gasteiger partial charge in [0.15, 0.2) is 0 Å². The second kappa shape index (κ2) is 13.2. The van der Waals surface area contributed by atoms with Gasteiger partial charge in [-0.05, 0) is 80.3 Å². The quantitative estimate of drug-likeness (QED) is 0.188. The number of pyridine rings is 1. The number of fused-ring (bicyclic) bond motifs is 1. The summed E-state index contributed by atoms with van der Waals surface area (Å²) in [5.41, 5.74) is 8.37. The van der Waals surface area contributed by atoms with Crippen molar-refractivity contribution in [1.29, 1.82) is 0 Å². The molecule has 2 aromatic carbocycles. The van der Waals surface area contributed by atoms with Crippen LogP contribution in [0.4, 0.5) is 0 Å². The predicted molar refractivity (Wildman–Crippen MR) is 164 cm³/mol. The molecule has 0 saturated carbocycles. The highest BCUT2D eigenvalue weighted by Crippen LogP contribution is 2.41. The number of ether oxygens (including phenoxy) is 2. The molecular weight excluding hydrogens is 514 g/mol. The van der Waals surface area contributed by atoms with Gasteiger partial charge in [0.1, 0.15) is 6.29 Å². The van der Waals surface area contributed by atoms with E-state index in [1.807, 2.05) is 25.3 Å². The van der Waals surface area contributed by atoms with E-state index in [9.17, 15) is 9.59 Å². The lowest BCUT2D eigenvalue weighted by Gasteiger charge is -2.25. The third-order valence-electron chi connectivity index (χ3n) is 7.77. The van der Waals surface area contributed by atoms with Gasteiger partial charge < -0.3 is 24.2 Å². The number of benzene rings is 2. The zero-order chi connectivity index (χ0) is 29.6. The van der Waals surface area contributed by atoms with E-state index in [4.69, 9.17) is 14.5 Å². The molecule has 0 bridgehead atoms. The molecule has 0 aliphatic heterocycles. The minimum absolute atomic E-state index is 0.181. The van der Waals surface area contributed by atoms with Gasteiger partial charge in [-0.3, -0.25) is 9.78 Å². The van der Waals surface area contributed by atoms with Crippen LogP contribution in [0.15, 0.2) is 60.8 Å². The number of aryl methyl sites for hydroxylation is 1. The zero-order valence-corrected chi connectivity index (χ0v) is 24.9. The molecule has 7 nitrogen and oxygen atoms in total. The van der Waals surface area contributed by atoms with Gasteiger partial charge >= 0.3 is 0 Å². The number of carbonyl (C=O) groups is 2. The fourth-order valence-corrected chi connectivity index (χ4v) is 5.61. The molecule has 0 spiro atoms. The highest BCUT2D eigenvalue weighted by molar-refractivity contribution is 5.95. The first-order chi connectivity index (χ1) is 19.8. The van der Waals surface area contributed by atoms with Gasteiger partial charge in [-0.1, -0.05) is 44.2 Å². The largest absolute Gasteiger partial charge is 0.467 e. The van der Waals surface area contributed by atoms with Gasteiger partial charge in [0.2, 0.25) is 0 Å². The second-order valence-electron chi connectivity index (χ2n) is 11.3. The van der Waals surface area contributed by atoms with E-state index in [1.54, 1.807) is 14.2 Å². The number of likely N-dealkylation sites (N-methyl/N-ethyl adjacent to an activating group) is 1. The number of carbonyl (C=O) groups excluding carboxylic acids is 2. The minimum Gasteiger partial charge on any atom is -0.467 e. The van der Waals surface area contributed by atoms with Crippen molar-refractivity contribution in [3.05, 3.63) is 77.6 Å². The van der Waals surface area contributed by atoms with Crippen LogP contribution >= 0.6 is 0 Å². The van der Waals surface area contributed by atoms with Crippen molar-refractivity contribution in [2.75, 3.05) is 20.8 Å². The topological polar surface area (TPSA) is 82.5 Å². The van der Waals surface area contributed by atoms with E-state index in [0.29, 0.717) is 25.9 Å². The summed E-state index contributed by atoms with van der Waals surface area (Å²) in [6, 6.07) is 18.9. The monoisotopic (exact) mass is 555 g/mol. The van der Waals surface area contributed by atoms with Gasteiger partial charge in [0.05, 0.1) is 30.1 Å². The first-order valence-electron chi connectivity index (χ1n) is 14.2. The summed E-state index contributed by atoms with van der Waals surface area (Å²) in [5, 5.41) is 4.22. The summed E-state index contributed by atoms with van der Waals surface area (Å²) >= 11 is 0. The van der Waals surface area contributed by atoms with Crippen LogP contribution in [0.3, 0.4) is 0 Å². The van der Waals surface area contributed by atoms with E-state index >= 15 is 0 Å². The van der Waals surface area contributed by atoms with Gasteiger partial charge in [0.25, 0.3) is 6.47 Å². The predicted octanol–water partition coefficient (Wildman–Crippen LogP) is 6.17. The number of aromatic nitrogens is 2. The van der Waals surface area contributed by atoms with Crippen LogP contribution in [0.25, 0.3) is 33.3 Å². The molecule has 0 fully saturated rings. The Kier molecular flexibility index (Phi) is 9.73. The summed E-state index contributed by atoms with van der Waals surface area (Å²) in [6.45, 7) is 10.0. The molecule has 0 amide bonds. The Hall–Kier alpha value is -3.81. The van der Waals surface area contributed by atoms with Crippen LogP contribution in [-0.4, -0.2) is 49.1 Å². The fraction of sp³-hybridized carbons (Fsp3) is 0.382. The summed E-state index contributed by atoms with van der Waals surface area (Å²) in [4.78, 5) is 27.2. The average molecular weight is 556 g/mol. The maximum atomic E-state index is 11.4. The standard InChI is InChI=1S/C34H41N3O4/c1-7-37-31-14-13-26(25-11-8-10-24(16-25)17-27(20-38)35-5)18-29(31)30(19-34(3,4)21-41-22-39)33(37)28-12-9-15-36-32(28)23(2)40-6/h8-16,18,20,22-23,27,35H,7,17,19,21H2,1-6H3. The maximum Gasteiger partial charge on any atom is 0.293 e. The second-order valence-corrected chi connectivity index (χ2v) is 11.3. The van der Waals surface area contributed by atoms with E-state index in [0.717, 1.165) is 57.4 Å². The molecule has 0 aliphatic rings. The summed E-state index contributed by atoms with van der Waals surface area (Å²) < 4.78 is 13.3. The van der Waals surface area contributed by atoms with Crippen molar-refractivity contribution in [3.63, 3.8) is 0 Å². The molecule has 2 heterocycles. The minimum atomic E-state index is -0.301. The lowest BCUT2D eigenvalue weighted by Crippen LogP contribution is -2.28. The number of aldehydes is 1. The van der Waals surface area contributed by atoms with E-state index < -0.39 is 0 Å². The van der Waals surface area contributed by atoms with Gasteiger partial charge in [-0.2, -0.15) is 0 Å². The van der Waals surface area contributed by atoms with Crippen LogP contribution in [0.5, 0.6) is 0 Å². The highest BCUT2D eigenvalue weighted by Gasteiger charge is 2.28. The zero-order valence-electron chi connectivity index (χ0n) is 24.9. The summed E-state index contributed by atoms with van der Waals surface area (Å²) in [7, 11) is 3.50. The fourth-order valence-electron chi connectivity index (χ4n) is 5.61. The van der Waals surface area contributed by atoms with Crippen molar-refractivity contribution in [3.8, 4) is 22.4 Å². The SMILES string of the molecule is CCn1c(-c2cccnc2C(C)OC)c(CC(C)(C)COC=O)c2cc(-c3cccc(CC(C=O)NC)c3)ccc21. The molecule has 216 valence electrons. The molecule has 2 unspecified atom stereocenters. The molecule has 0 radical (unpaired) electrons. The van der Waals surface area contributed by atoms with Crippen molar-refractivity contribution >= 4 is 23.7 Å². The third-order valence-corrected chi connectivity index (χ3v) is 7.77. The normalized spacial score (nSPS) is 13.2. The first kappa shape index (κ1) is 30.2. The van der Waals surface area contributed by atoms with Crippen LogP contribution < -0.4 is 5.32 Å². The van der Waals surface area contributed by atoms with Crippen molar-refractivity contribution in [1.82, 2.24) is 14.9 Å². The molecule has 2 atom stereocenters. The van der Waals surface area contributed by atoms with Crippen LogP contribution in [0.1, 0.15) is 50.6 Å². The van der Waals surface area contributed by atoms with Crippen LogP contribution in [0, 0.1) is 5.41 Å². The number of hydrogen-bond acceptors (Lipinski definition) is 6. The Balaban J connectivity index is 1.95. The number of methoxy groups -OCH3 is 1. The van der Waals surface area contributed by atoms with Crippen molar-refractivity contribution in [2.24, 2.45) is 5.41 Å². The lowest BCUT2D eigenvalue weighted by atomic mass is 9.84. The summed E-state index contributed by atoms with van der Waals surface area (Å²) in [5.74, 6) is 0. The molecular formula is C34H41N3O4. The molecule has 4 rings (SSSR count). The number of nitrogens with zero attached hydrogens (tertiary/aromatic N) is 2. The van der Waals surface area contributed by atoms with Crippen molar-refractivity contribution < 1.29 is 19.1 Å². The van der Waals surface area contributed by atoms with E-state index in [1.165, 1.54) is 5.56 Å².